The third-order valence-corrected chi connectivity index (χ3v) is 3.20. The summed E-state index contributed by atoms with van der Waals surface area (Å²) in [6, 6.07) is 9.25. The Labute approximate surface area is 136 Å². The van der Waals surface area contributed by atoms with Gasteiger partial charge in [0.05, 0.1) is 19.2 Å². The maximum atomic E-state index is 12.2. The largest absolute Gasteiger partial charge is 0.465 e. The molecule has 0 saturated heterocycles. The zero-order valence-electron chi connectivity index (χ0n) is 13.8. The Bertz CT molecular complexity index is 653. The summed E-state index contributed by atoms with van der Waals surface area (Å²) in [5.74, 6) is -0.429. The van der Waals surface area contributed by atoms with Gasteiger partial charge in [-0.1, -0.05) is 30.3 Å². The minimum absolute atomic E-state index is 0.272. The number of nitrogens with zero attached hydrogens (tertiary/aromatic N) is 1. The molecule has 0 spiro atoms. The van der Waals surface area contributed by atoms with Crippen molar-refractivity contribution in [2.45, 2.75) is 26.4 Å². The predicted octanol–water partition coefficient (Wildman–Crippen LogP) is 3.38. The first kappa shape index (κ1) is 16.8. The first-order valence-electron chi connectivity index (χ1n) is 7.36. The van der Waals surface area contributed by atoms with Crippen LogP contribution in [0.3, 0.4) is 0 Å². The molecule has 1 aromatic carbocycles. The number of amides is 1. The van der Waals surface area contributed by atoms with E-state index in [1.165, 1.54) is 12.0 Å². The quantitative estimate of drug-likeness (QED) is 0.620. The van der Waals surface area contributed by atoms with Gasteiger partial charge in [0, 0.05) is 6.20 Å². The van der Waals surface area contributed by atoms with Gasteiger partial charge in [-0.3, -0.25) is 4.90 Å². The molecule has 0 fully saturated rings. The topological polar surface area (TPSA) is 55.8 Å². The Morgan fingerprint density at radius 1 is 1.13 bits per heavy atom. The fourth-order valence-corrected chi connectivity index (χ4v) is 2.22. The molecule has 0 aromatic heterocycles. The van der Waals surface area contributed by atoms with E-state index in [-0.39, 0.29) is 6.54 Å². The lowest BCUT2D eigenvalue weighted by Crippen LogP contribution is -2.33. The average molecular weight is 315 g/mol. The first-order chi connectivity index (χ1) is 10.8. The summed E-state index contributed by atoms with van der Waals surface area (Å²) in [6.45, 7) is 5.70. The monoisotopic (exact) mass is 315 g/mol. The number of carbonyl (C=O) groups is 2. The molecule has 122 valence electrons. The summed E-state index contributed by atoms with van der Waals surface area (Å²) in [4.78, 5) is 25.7. The van der Waals surface area contributed by atoms with Crippen molar-refractivity contribution in [2.24, 2.45) is 0 Å². The fraction of sp³-hybridized carbons (Fsp3) is 0.333. The van der Waals surface area contributed by atoms with Crippen LogP contribution in [0.1, 0.15) is 26.3 Å². The summed E-state index contributed by atoms with van der Waals surface area (Å²) in [5, 5.41) is 0. The number of esters is 1. The number of hydrogen-bond donors (Lipinski definition) is 0. The number of ether oxygens (including phenoxy) is 2. The SMILES string of the molecule is COC(=O)/C(=C1/C=CN(C(=O)OC(C)(C)C)C1)c1ccccc1. The fourth-order valence-electron chi connectivity index (χ4n) is 2.22. The molecule has 1 amide bonds. The Balaban J connectivity index is 2.28. The molecule has 0 aliphatic carbocycles. The van der Waals surface area contributed by atoms with Crippen LogP contribution < -0.4 is 0 Å². The van der Waals surface area contributed by atoms with Gasteiger partial charge < -0.3 is 9.47 Å². The summed E-state index contributed by atoms with van der Waals surface area (Å²) in [6.07, 6.45) is 2.92. The van der Waals surface area contributed by atoms with Crippen LogP contribution in [-0.2, 0) is 14.3 Å². The Kier molecular flexibility index (Phi) is 4.89. The second-order valence-electron chi connectivity index (χ2n) is 6.18. The normalized spacial score (nSPS) is 16.3. The number of methoxy groups -OCH3 is 1. The summed E-state index contributed by atoms with van der Waals surface area (Å²) in [7, 11) is 1.34. The maximum Gasteiger partial charge on any atom is 0.414 e. The molecule has 0 bridgehead atoms. The average Bonchev–Trinajstić information content (AvgIpc) is 2.96. The van der Waals surface area contributed by atoms with Crippen molar-refractivity contribution in [2.75, 3.05) is 13.7 Å². The summed E-state index contributed by atoms with van der Waals surface area (Å²) < 4.78 is 10.2. The van der Waals surface area contributed by atoms with Gasteiger partial charge in [-0.25, -0.2) is 9.59 Å². The minimum Gasteiger partial charge on any atom is -0.465 e. The lowest BCUT2D eigenvalue weighted by Gasteiger charge is -2.23. The van der Waals surface area contributed by atoms with Crippen molar-refractivity contribution >= 4 is 17.6 Å². The molecule has 2 rings (SSSR count). The molecule has 0 radical (unpaired) electrons. The molecule has 0 N–H and O–H groups in total. The van der Waals surface area contributed by atoms with Crippen molar-refractivity contribution in [1.29, 1.82) is 0 Å². The van der Waals surface area contributed by atoms with E-state index in [2.05, 4.69) is 0 Å². The zero-order chi connectivity index (χ0) is 17.0. The van der Waals surface area contributed by atoms with Crippen LogP contribution in [0.5, 0.6) is 0 Å². The van der Waals surface area contributed by atoms with E-state index in [9.17, 15) is 9.59 Å². The molecule has 1 aromatic rings. The van der Waals surface area contributed by atoms with Crippen LogP contribution >= 0.6 is 0 Å². The summed E-state index contributed by atoms with van der Waals surface area (Å²) in [5.41, 5.74) is 1.36. The molecule has 0 unspecified atom stereocenters. The zero-order valence-corrected chi connectivity index (χ0v) is 13.8. The lowest BCUT2D eigenvalue weighted by atomic mass is 10.0. The van der Waals surface area contributed by atoms with Gasteiger partial charge in [-0.05, 0) is 38.0 Å². The Morgan fingerprint density at radius 2 is 1.78 bits per heavy atom. The van der Waals surface area contributed by atoms with Crippen molar-refractivity contribution < 1.29 is 19.1 Å². The second-order valence-corrected chi connectivity index (χ2v) is 6.18. The second kappa shape index (κ2) is 6.69. The molecular weight excluding hydrogens is 294 g/mol. The van der Waals surface area contributed by atoms with Crippen LogP contribution in [0, 0.1) is 0 Å². The van der Waals surface area contributed by atoms with Gasteiger partial charge in [-0.15, -0.1) is 0 Å². The molecule has 1 heterocycles. The number of rotatable bonds is 2. The standard InChI is InChI=1S/C18H21NO4/c1-18(2,3)23-17(21)19-11-10-14(12-19)15(16(20)22-4)13-8-6-5-7-9-13/h5-11H,12H2,1-4H3/b15-14-. The van der Waals surface area contributed by atoms with Gasteiger partial charge in [0.2, 0.25) is 0 Å². The smallest absolute Gasteiger partial charge is 0.414 e. The van der Waals surface area contributed by atoms with E-state index in [1.54, 1.807) is 12.3 Å². The minimum atomic E-state index is -0.567. The van der Waals surface area contributed by atoms with E-state index in [1.807, 2.05) is 51.1 Å². The van der Waals surface area contributed by atoms with Crippen LogP contribution in [0.25, 0.3) is 5.57 Å². The van der Waals surface area contributed by atoms with Gasteiger partial charge >= 0.3 is 12.1 Å². The van der Waals surface area contributed by atoms with Crippen molar-refractivity contribution in [1.82, 2.24) is 4.90 Å². The van der Waals surface area contributed by atoms with Crippen molar-refractivity contribution in [3.63, 3.8) is 0 Å². The lowest BCUT2D eigenvalue weighted by molar-refractivity contribution is -0.133. The third-order valence-electron chi connectivity index (χ3n) is 3.20. The van der Waals surface area contributed by atoms with E-state index in [0.29, 0.717) is 11.1 Å². The van der Waals surface area contributed by atoms with Gasteiger partial charge in [-0.2, -0.15) is 0 Å². The number of benzene rings is 1. The van der Waals surface area contributed by atoms with Gasteiger partial charge in [0.15, 0.2) is 0 Å². The highest BCUT2D eigenvalue weighted by Gasteiger charge is 2.27. The highest BCUT2D eigenvalue weighted by Crippen LogP contribution is 2.26. The molecule has 23 heavy (non-hydrogen) atoms. The van der Waals surface area contributed by atoms with Crippen molar-refractivity contribution in [3.05, 3.63) is 53.7 Å². The van der Waals surface area contributed by atoms with Gasteiger partial charge in [0.25, 0.3) is 0 Å². The highest BCUT2D eigenvalue weighted by molar-refractivity contribution is 6.18. The van der Waals surface area contributed by atoms with Crippen molar-refractivity contribution in [3.8, 4) is 0 Å². The van der Waals surface area contributed by atoms with E-state index < -0.39 is 17.7 Å². The molecule has 0 saturated carbocycles. The Morgan fingerprint density at radius 3 is 2.35 bits per heavy atom. The molecule has 0 atom stereocenters. The Hall–Kier alpha value is -2.56. The molecule has 1 aliphatic heterocycles. The van der Waals surface area contributed by atoms with E-state index in [0.717, 1.165) is 5.56 Å². The first-order valence-corrected chi connectivity index (χ1v) is 7.36. The number of carbonyl (C=O) groups excluding carboxylic acids is 2. The maximum absolute atomic E-state index is 12.2. The molecule has 5 nitrogen and oxygen atoms in total. The van der Waals surface area contributed by atoms with Crippen LogP contribution in [0.4, 0.5) is 4.79 Å². The predicted molar refractivity (Wildman–Crippen MR) is 87.5 cm³/mol. The van der Waals surface area contributed by atoms with Crippen LogP contribution in [-0.4, -0.2) is 36.2 Å². The van der Waals surface area contributed by atoms with Gasteiger partial charge in [0.1, 0.15) is 5.60 Å². The summed E-state index contributed by atoms with van der Waals surface area (Å²) >= 11 is 0. The van der Waals surface area contributed by atoms with Crippen LogP contribution in [0.15, 0.2) is 48.2 Å². The van der Waals surface area contributed by atoms with Crippen LogP contribution in [0.2, 0.25) is 0 Å². The third kappa shape index (κ3) is 4.22. The highest BCUT2D eigenvalue weighted by atomic mass is 16.6. The number of hydrogen-bond acceptors (Lipinski definition) is 4. The molecular formula is C18H21NO4. The van der Waals surface area contributed by atoms with E-state index >= 15 is 0 Å². The van der Waals surface area contributed by atoms with E-state index in [4.69, 9.17) is 9.47 Å². The molecule has 1 aliphatic rings. The molecule has 5 heteroatoms.